The summed E-state index contributed by atoms with van der Waals surface area (Å²) in [6, 6.07) is 6.09. The maximum absolute atomic E-state index is 5.50. The molecule has 0 saturated heterocycles. The lowest BCUT2D eigenvalue weighted by atomic mass is 10.0. The summed E-state index contributed by atoms with van der Waals surface area (Å²) in [6.45, 7) is 8.78. The highest BCUT2D eigenvalue weighted by Crippen LogP contribution is 2.17. The molecule has 4 nitrogen and oxygen atoms in total. The van der Waals surface area contributed by atoms with Crippen LogP contribution in [0.3, 0.4) is 0 Å². The summed E-state index contributed by atoms with van der Waals surface area (Å²) in [5.41, 5.74) is 4.14. The molecule has 1 aromatic rings. The molecule has 1 aliphatic heterocycles. The molecule has 126 valence electrons. The Balaban J connectivity index is 2.45. The molecule has 0 aliphatic carbocycles. The fraction of sp³-hybridized carbons (Fsp3) is 0.200. The molecule has 2 radical (unpaired) electrons. The Kier molecular flexibility index (Phi) is 7.02. The molecule has 0 saturated carbocycles. The van der Waals surface area contributed by atoms with Gasteiger partial charge in [0.2, 0.25) is 0 Å². The van der Waals surface area contributed by atoms with E-state index >= 15 is 0 Å². The molecule has 0 unspecified atom stereocenters. The van der Waals surface area contributed by atoms with Crippen molar-refractivity contribution in [1.29, 1.82) is 0 Å². The van der Waals surface area contributed by atoms with Gasteiger partial charge >= 0.3 is 0 Å². The quantitative estimate of drug-likeness (QED) is 0.620. The molecule has 0 atom stereocenters. The summed E-state index contributed by atoms with van der Waals surface area (Å²) >= 11 is 0. The minimum Gasteiger partial charge on any atom is -0.384 e. The smallest absolute Gasteiger partial charge is 0.262 e. The van der Waals surface area contributed by atoms with E-state index in [2.05, 4.69) is 47.0 Å². The zero-order valence-electron chi connectivity index (χ0n) is 14.8. The second kappa shape index (κ2) is 9.47. The van der Waals surface area contributed by atoms with Crippen molar-refractivity contribution in [3.63, 3.8) is 0 Å². The van der Waals surface area contributed by atoms with Crippen molar-refractivity contribution < 1.29 is 0 Å². The topological polar surface area (TPSA) is 48.8 Å². The number of hydrogen-bond acceptors (Lipinski definition) is 3. The van der Waals surface area contributed by atoms with Crippen LogP contribution in [0.15, 0.2) is 70.9 Å². The monoisotopic (exact) mass is 330 g/mol. The average Bonchev–Trinajstić information content (AvgIpc) is 2.61. The minimum atomic E-state index is 0.550. The second-order valence-corrected chi connectivity index (χ2v) is 5.58. The highest BCUT2D eigenvalue weighted by molar-refractivity contribution is 6.20. The molecule has 2 rings (SSSR count). The van der Waals surface area contributed by atoms with Crippen LogP contribution in [0.5, 0.6) is 0 Å². The van der Waals surface area contributed by atoms with Gasteiger partial charge in [0.15, 0.2) is 0 Å². The Morgan fingerprint density at radius 3 is 2.92 bits per heavy atom. The van der Waals surface area contributed by atoms with E-state index in [1.165, 1.54) is 0 Å². The normalized spacial score (nSPS) is 19.4. The van der Waals surface area contributed by atoms with Crippen LogP contribution in [-0.4, -0.2) is 26.2 Å². The molecule has 0 aromatic heterocycles. The van der Waals surface area contributed by atoms with Crippen LogP contribution in [0.1, 0.15) is 30.0 Å². The lowest BCUT2D eigenvalue weighted by Gasteiger charge is -2.16. The first-order chi connectivity index (χ1) is 12.2. The van der Waals surface area contributed by atoms with Crippen molar-refractivity contribution >= 4 is 25.7 Å². The third-order valence-corrected chi connectivity index (χ3v) is 3.76. The standard InChI is InChI=1S/C20H23BN4/c1-4-6-8-16-9-7-10-18(15(16)3)20-23-14-17(22-13-5-2)11-12-19(24-20)25-21/h4,6-12,14,22H,1,5,13H2,2-3H3,(H,23,24,25)/b8-6-. The van der Waals surface area contributed by atoms with Gasteiger partial charge in [-0.2, -0.15) is 0 Å². The Bertz CT molecular complexity index is 770. The summed E-state index contributed by atoms with van der Waals surface area (Å²) in [5, 5.41) is 6.53. The number of benzene rings is 1. The summed E-state index contributed by atoms with van der Waals surface area (Å²) in [7, 11) is 5.50. The number of nitrogens with zero attached hydrogens (tertiary/aromatic N) is 2. The van der Waals surface area contributed by atoms with Crippen LogP contribution in [-0.2, 0) is 0 Å². The number of allylic oxidation sites excluding steroid dienone is 3. The molecule has 2 N–H and O–H groups in total. The van der Waals surface area contributed by atoms with Crippen molar-refractivity contribution in [2.24, 2.45) is 9.90 Å². The summed E-state index contributed by atoms with van der Waals surface area (Å²) in [6.07, 6.45) is 12.3. The van der Waals surface area contributed by atoms with E-state index in [1.54, 1.807) is 6.08 Å². The van der Waals surface area contributed by atoms with E-state index in [1.807, 2.05) is 42.6 Å². The number of nitrogens with one attached hydrogen (secondary N) is 2. The number of rotatable bonds is 6. The highest BCUT2D eigenvalue weighted by Gasteiger charge is 2.11. The molecule has 5 heteroatoms. The van der Waals surface area contributed by atoms with Crippen molar-refractivity contribution in [2.75, 3.05) is 6.54 Å². The van der Waals surface area contributed by atoms with Gasteiger partial charge in [0.05, 0.1) is 11.9 Å². The average molecular weight is 330 g/mol. The molecule has 1 aromatic carbocycles. The Morgan fingerprint density at radius 2 is 2.20 bits per heavy atom. The molecule has 1 heterocycles. The predicted octanol–water partition coefficient (Wildman–Crippen LogP) is 3.42. The molecule has 0 spiro atoms. The first-order valence-electron chi connectivity index (χ1n) is 8.33. The van der Waals surface area contributed by atoms with E-state index < -0.39 is 0 Å². The van der Waals surface area contributed by atoms with Gasteiger partial charge in [0, 0.05) is 12.1 Å². The van der Waals surface area contributed by atoms with E-state index in [4.69, 9.17) is 7.98 Å². The van der Waals surface area contributed by atoms with Gasteiger partial charge < -0.3 is 15.5 Å². The van der Waals surface area contributed by atoms with Gasteiger partial charge in [0.1, 0.15) is 11.7 Å². The Morgan fingerprint density at radius 1 is 1.36 bits per heavy atom. The van der Waals surface area contributed by atoms with Crippen molar-refractivity contribution in [3.05, 3.63) is 77.7 Å². The SMILES string of the molecule is [B]/N=C1/C=C\C(NCCC)=C/N=C(c2cccc(/C=C\C=C)c2C)N1. The van der Waals surface area contributed by atoms with Crippen LogP contribution in [0.4, 0.5) is 0 Å². The van der Waals surface area contributed by atoms with Gasteiger partial charge in [-0.15, -0.1) is 0 Å². The van der Waals surface area contributed by atoms with Crippen LogP contribution in [0.2, 0.25) is 0 Å². The van der Waals surface area contributed by atoms with Gasteiger partial charge in [-0.25, -0.2) is 4.99 Å². The highest BCUT2D eigenvalue weighted by atomic mass is 15.0. The molecule has 0 bridgehead atoms. The Labute approximate surface area is 151 Å². The molecule has 0 fully saturated rings. The van der Waals surface area contributed by atoms with Crippen molar-refractivity contribution in [2.45, 2.75) is 20.3 Å². The number of hydrogen-bond donors (Lipinski definition) is 2. The zero-order valence-corrected chi connectivity index (χ0v) is 14.8. The van der Waals surface area contributed by atoms with E-state index in [0.717, 1.165) is 35.4 Å². The molecule has 25 heavy (non-hydrogen) atoms. The lowest BCUT2D eigenvalue weighted by molar-refractivity contribution is 0.782. The van der Waals surface area contributed by atoms with Gasteiger partial charge in [-0.3, -0.25) is 0 Å². The number of aliphatic imine (C=N–C) groups is 1. The van der Waals surface area contributed by atoms with E-state index in [-0.39, 0.29) is 0 Å². The maximum Gasteiger partial charge on any atom is 0.262 e. The molecule has 0 amide bonds. The van der Waals surface area contributed by atoms with Crippen LogP contribution in [0.25, 0.3) is 6.08 Å². The first kappa shape index (κ1) is 18.5. The first-order valence-corrected chi connectivity index (χ1v) is 8.33. The summed E-state index contributed by atoms with van der Waals surface area (Å²) < 4.78 is 0. The Hall–Kier alpha value is -2.82. The summed E-state index contributed by atoms with van der Waals surface area (Å²) in [4.78, 5) is 8.41. The van der Waals surface area contributed by atoms with E-state index in [0.29, 0.717) is 11.7 Å². The van der Waals surface area contributed by atoms with E-state index in [9.17, 15) is 0 Å². The minimum absolute atomic E-state index is 0.550. The summed E-state index contributed by atoms with van der Waals surface area (Å²) in [5.74, 6) is 1.25. The second-order valence-electron chi connectivity index (χ2n) is 5.58. The molecular weight excluding hydrogens is 307 g/mol. The molecule has 1 aliphatic rings. The lowest BCUT2D eigenvalue weighted by Crippen LogP contribution is -2.31. The third-order valence-electron chi connectivity index (χ3n) is 3.76. The fourth-order valence-electron chi connectivity index (χ4n) is 2.39. The molecular formula is C20H23BN4. The zero-order chi connectivity index (χ0) is 18.1. The van der Waals surface area contributed by atoms with Gasteiger partial charge in [0.25, 0.3) is 7.98 Å². The fourth-order valence-corrected chi connectivity index (χ4v) is 2.39. The van der Waals surface area contributed by atoms with Crippen LogP contribution in [0, 0.1) is 6.92 Å². The van der Waals surface area contributed by atoms with Crippen molar-refractivity contribution in [3.8, 4) is 0 Å². The van der Waals surface area contributed by atoms with Crippen LogP contribution < -0.4 is 10.6 Å². The third kappa shape index (κ3) is 5.08. The number of amidine groups is 2. The van der Waals surface area contributed by atoms with Gasteiger partial charge in [-0.05, 0) is 36.6 Å². The largest absolute Gasteiger partial charge is 0.384 e. The van der Waals surface area contributed by atoms with Gasteiger partial charge in [-0.1, -0.05) is 49.9 Å². The predicted molar refractivity (Wildman–Crippen MR) is 109 cm³/mol. The maximum atomic E-state index is 5.50. The van der Waals surface area contributed by atoms with Crippen LogP contribution >= 0.6 is 0 Å². The van der Waals surface area contributed by atoms with Crippen molar-refractivity contribution in [1.82, 2.24) is 10.6 Å².